The summed E-state index contributed by atoms with van der Waals surface area (Å²) in [4.78, 5) is 35.6. The lowest BCUT2D eigenvalue weighted by Gasteiger charge is -2.17. The maximum absolute atomic E-state index is 12.7. The fourth-order valence-electron chi connectivity index (χ4n) is 2.97. The summed E-state index contributed by atoms with van der Waals surface area (Å²) in [6.07, 6.45) is 0.486. The highest BCUT2D eigenvalue weighted by molar-refractivity contribution is 6.39. The number of aryl methyl sites for hydroxylation is 1. The van der Waals surface area contributed by atoms with E-state index in [0.717, 1.165) is 0 Å². The molecule has 2 amide bonds. The van der Waals surface area contributed by atoms with Crippen molar-refractivity contribution in [2.75, 3.05) is 13.2 Å². The number of hydrogen-bond donors (Lipinski definition) is 4. The predicted octanol–water partition coefficient (Wildman–Crippen LogP) is 4.41. The van der Waals surface area contributed by atoms with Crippen molar-refractivity contribution < 1.29 is 29.3 Å². The number of benzene rings is 2. The lowest BCUT2D eigenvalue weighted by Crippen LogP contribution is -2.48. The summed E-state index contributed by atoms with van der Waals surface area (Å²) in [7, 11) is 0. The van der Waals surface area contributed by atoms with E-state index >= 15 is 0 Å². The van der Waals surface area contributed by atoms with Crippen molar-refractivity contribution in [3.8, 4) is 0 Å². The predicted molar refractivity (Wildman–Crippen MR) is 130 cm³/mol. The fraction of sp³-hybridized carbons (Fsp3) is 0.261. The van der Waals surface area contributed by atoms with E-state index in [1.165, 1.54) is 18.2 Å². The molecule has 0 aliphatic heterocycles. The molecule has 0 fully saturated rings. The molecule has 0 aromatic heterocycles. The van der Waals surface area contributed by atoms with Crippen LogP contribution in [-0.2, 0) is 16.0 Å². The van der Waals surface area contributed by atoms with Crippen LogP contribution in [0.1, 0.15) is 34.0 Å². The van der Waals surface area contributed by atoms with E-state index < -0.39 is 36.7 Å². The summed E-state index contributed by atoms with van der Waals surface area (Å²) in [5.41, 5.74) is 1.24. The van der Waals surface area contributed by atoms with Gasteiger partial charge in [-0.25, -0.2) is 9.59 Å². The molecule has 0 aliphatic rings. The Morgan fingerprint density at radius 2 is 1.79 bits per heavy atom. The Morgan fingerprint density at radius 3 is 2.38 bits per heavy atom. The van der Waals surface area contributed by atoms with Gasteiger partial charge in [0.2, 0.25) is 0 Å². The molecular formula is C23H23Cl3N2O6. The SMILES string of the molecule is C=CCOC(=O)NCC(NC(=O)c1c(Cl)cc(CCC(O)c2cccc(Cl)c2)cc1Cl)C(=O)O. The van der Waals surface area contributed by atoms with Gasteiger partial charge in [0.1, 0.15) is 12.6 Å². The van der Waals surface area contributed by atoms with Gasteiger partial charge in [-0.2, -0.15) is 0 Å². The molecule has 0 heterocycles. The van der Waals surface area contributed by atoms with Gasteiger partial charge in [0, 0.05) is 5.02 Å². The summed E-state index contributed by atoms with van der Waals surface area (Å²) >= 11 is 18.5. The Morgan fingerprint density at radius 1 is 1.12 bits per heavy atom. The molecule has 2 unspecified atom stereocenters. The van der Waals surface area contributed by atoms with Crippen LogP contribution < -0.4 is 10.6 Å². The van der Waals surface area contributed by atoms with Gasteiger partial charge in [-0.05, 0) is 48.2 Å². The molecule has 0 saturated carbocycles. The molecule has 0 saturated heterocycles. The molecule has 2 atom stereocenters. The Balaban J connectivity index is 2.04. The average Bonchev–Trinajstić information content (AvgIpc) is 2.78. The van der Waals surface area contributed by atoms with Crippen LogP contribution in [-0.4, -0.2) is 47.4 Å². The summed E-state index contributed by atoms with van der Waals surface area (Å²) in [5, 5.41) is 24.8. The number of carboxylic acids is 1. The zero-order valence-corrected chi connectivity index (χ0v) is 20.2. The molecule has 34 heavy (non-hydrogen) atoms. The molecule has 11 heteroatoms. The monoisotopic (exact) mass is 528 g/mol. The van der Waals surface area contributed by atoms with Crippen molar-refractivity contribution in [1.82, 2.24) is 10.6 Å². The quantitative estimate of drug-likeness (QED) is 0.320. The first-order chi connectivity index (χ1) is 16.1. The van der Waals surface area contributed by atoms with Gasteiger partial charge in [-0.15, -0.1) is 0 Å². The van der Waals surface area contributed by atoms with Crippen molar-refractivity contribution in [2.24, 2.45) is 0 Å². The largest absolute Gasteiger partial charge is 0.480 e. The first kappa shape index (κ1) is 27.5. The smallest absolute Gasteiger partial charge is 0.407 e. The number of hydrogen-bond acceptors (Lipinski definition) is 5. The average molecular weight is 530 g/mol. The maximum Gasteiger partial charge on any atom is 0.407 e. The second-order valence-corrected chi connectivity index (χ2v) is 8.43. The molecule has 0 radical (unpaired) electrons. The number of carbonyl (C=O) groups excluding carboxylic acids is 2. The molecule has 2 aromatic carbocycles. The van der Waals surface area contributed by atoms with Crippen LogP contribution in [0.2, 0.25) is 15.1 Å². The van der Waals surface area contributed by atoms with Crippen LogP contribution in [0.25, 0.3) is 0 Å². The number of carbonyl (C=O) groups is 3. The van der Waals surface area contributed by atoms with Crippen LogP contribution in [0.3, 0.4) is 0 Å². The van der Waals surface area contributed by atoms with Gasteiger partial charge >= 0.3 is 12.1 Å². The Labute approximate surface area is 211 Å². The number of aliphatic carboxylic acids is 1. The number of aliphatic hydroxyl groups is 1. The summed E-state index contributed by atoms with van der Waals surface area (Å²) in [6.45, 7) is 2.91. The summed E-state index contributed by atoms with van der Waals surface area (Å²) < 4.78 is 4.70. The highest BCUT2D eigenvalue weighted by Crippen LogP contribution is 2.29. The number of aliphatic hydroxyl groups excluding tert-OH is 1. The number of alkyl carbamates (subject to hydrolysis) is 1. The first-order valence-corrected chi connectivity index (χ1v) is 11.2. The number of carboxylic acid groups (broad SMARTS) is 1. The number of rotatable bonds is 11. The van der Waals surface area contributed by atoms with Gasteiger partial charge in [-0.1, -0.05) is 59.6 Å². The van der Waals surface area contributed by atoms with E-state index in [1.54, 1.807) is 24.3 Å². The second kappa shape index (κ2) is 13.2. The van der Waals surface area contributed by atoms with Crippen LogP contribution in [0.4, 0.5) is 4.79 Å². The number of halogens is 3. The number of nitrogens with one attached hydrogen (secondary N) is 2. The lowest BCUT2D eigenvalue weighted by atomic mass is 10.0. The minimum Gasteiger partial charge on any atom is -0.480 e. The second-order valence-electron chi connectivity index (χ2n) is 7.18. The minimum absolute atomic E-state index is 0.0136. The highest BCUT2D eigenvalue weighted by atomic mass is 35.5. The summed E-state index contributed by atoms with van der Waals surface area (Å²) in [6, 6.07) is 8.47. The Bertz CT molecular complexity index is 1040. The van der Waals surface area contributed by atoms with E-state index in [2.05, 4.69) is 17.2 Å². The fourth-order valence-corrected chi connectivity index (χ4v) is 3.87. The van der Waals surface area contributed by atoms with E-state index in [0.29, 0.717) is 29.0 Å². The molecular weight excluding hydrogens is 507 g/mol. The third-order valence-corrected chi connectivity index (χ3v) is 5.49. The van der Waals surface area contributed by atoms with E-state index in [9.17, 15) is 24.6 Å². The van der Waals surface area contributed by atoms with Crippen molar-refractivity contribution in [1.29, 1.82) is 0 Å². The molecule has 0 aliphatic carbocycles. The van der Waals surface area contributed by atoms with Gasteiger partial charge < -0.3 is 25.6 Å². The maximum atomic E-state index is 12.7. The van der Waals surface area contributed by atoms with Crippen LogP contribution in [0, 0.1) is 0 Å². The zero-order valence-electron chi connectivity index (χ0n) is 17.9. The van der Waals surface area contributed by atoms with Crippen LogP contribution in [0.15, 0.2) is 49.1 Å². The van der Waals surface area contributed by atoms with Crippen molar-refractivity contribution in [2.45, 2.75) is 25.0 Å². The van der Waals surface area contributed by atoms with Crippen LogP contribution >= 0.6 is 34.8 Å². The lowest BCUT2D eigenvalue weighted by molar-refractivity contribution is -0.139. The third kappa shape index (κ3) is 8.22. The molecule has 0 bridgehead atoms. The normalized spacial score (nSPS) is 12.4. The van der Waals surface area contributed by atoms with Crippen molar-refractivity contribution >= 4 is 52.8 Å². The molecule has 8 nitrogen and oxygen atoms in total. The third-order valence-electron chi connectivity index (χ3n) is 4.66. The first-order valence-electron chi connectivity index (χ1n) is 10.1. The molecule has 2 aromatic rings. The van der Waals surface area contributed by atoms with E-state index in [1.807, 2.05) is 0 Å². The molecule has 0 spiro atoms. The number of amides is 2. The van der Waals surface area contributed by atoms with Gasteiger partial charge in [-0.3, -0.25) is 4.79 Å². The highest BCUT2D eigenvalue weighted by Gasteiger charge is 2.25. The van der Waals surface area contributed by atoms with Crippen LogP contribution in [0.5, 0.6) is 0 Å². The number of ether oxygens (including phenoxy) is 1. The topological polar surface area (TPSA) is 125 Å². The van der Waals surface area contributed by atoms with Crippen molar-refractivity contribution in [3.05, 3.63) is 80.8 Å². The van der Waals surface area contributed by atoms with Crippen molar-refractivity contribution in [3.63, 3.8) is 0 Å². The van der Waals surface area contributed by atoms with Gasteiger partial charge in [0.05, 0.1) is 28.3 Å². The van der Waals surface area contributed by atoms with E-state index in [-0.39, 0.29) is 22.2 Å². The minimum atomic E-state index is -1.46. The summed E-state index contributed by atoms with van der Waals surface area (Å²) in [5.74, 6) is -2.20. The van der Waals surface area contributed by atoms with Gasteiger partial charge in [0.15, 0.2) is 0 Å². The van der Waals surface area contributed by atoms with Gasteiger partial charge in [0.25, 0.3) is 5.91 Å². The molecule has 4 N–H and O–H groups in total. The molecule has 2 rings (SSSR count). The Hall–Kier alpha value is -2.78. The standard InChI is InChI=1S/C23H23Cl3N2O6/c1-2-8-34-23(33)27-12-18(22(31)32)28-21(30)20-16(25)9-13(10-17(20)26)6-7-19(29)14-4-3-5-15(24)11-14/h2-5,9-11,18-19,29H,1,6-8,12H2,(H,27,33)(H,28,30)(H,31,32). The Kier molecular flexibility index (Phi) is 10.7. The molecule has 182 valence electrons. The zero-order chi connectivity index (χ0) is 25.3. The van der Waals surface area contributed by atoms with E-state index in [4.69, 9.17) is 39.5 Å².